The number of Topliss-reactive ketones (excluding diaryl/α,β-unsaturated/α-hetero) is 1. The van der Waals surface area contributed by atoms with Crippen molar-refractivity contribution >= 4 is 34.7 Å². The van der Waals surface area contributed by atoms with Crippen LogP contribution in [-0.2, 0) is 4.74 Å². The Morgan fingerprint density at radius 2 is 1.91 bits per heavy atom. The van der Waals surface area contributed by atoms with Crippen molar-refractivity contribution < 1.29 is 23.8 Å². The first-order valence-corrected chi connectivity index (χ1v) is 7.68. The third-order valence-electron chi connectivity index (χ3n) is 2.96. The molecular formula is C15H11ClO5S. The molecule has 7 heteroatoms. The number of carbonyl (C=O) groups excluding carboxylic acids is 2. The van der Waals surface area contributed by atoms with Crippen molar-refractivity contribution in [3.05, 3.63) is 45.1 Å². The van der Waals surface area contributed by atoms with Crippen molar-refractivity contribution in [1.82, 2.24) is 0 Å². The number of hydrogen-bond acceptors (Lipinski definition) is 6. The molecular weight excluding hydrogens is 328 g/mol. The fourth-order valence-corrected chi connectivity index (χ4v) is 2.89. The van der Waals surface area contributed by atoms with E-state index in [0.717, 1.165) is 11.3 Å². The lowest BCUT2D eigenvalue weighted by atomic mass is 10.2. The molecule has 0 aliphatic carbocycles. The van der Waals surface area contributed by atoms with Crippen molar-refractivity contribution in [2.45, 2.75) is 0 Å². The number of halogens is 1. The van der Waals surface area contributed by atoms with E-state index in [4.69, 9.17) is 25.8 Å². The van der Waals surface area contributed by atoms with E-state index in [1.54, 1.807) is 30.3 Å². The normalized spacial score (nSPS) is 12.8. The summed E-state index contributed by atoms with van der Waals surface area (Å²) < 4.78 is 16.3. The van der Waals surface area contributed by atoms with Crippen LogP contribution in [0.3, 0.4) is 0 Å². The summed E-state index contributed by atoms with van der Waals surface area (Å²) in [7, 11) is 0. The first-order valence-electron chi connectivity index (χ1n) is 6.49. The Kier molecular flexibility index (Phi) is 4.31. The molecule has 1 aromatic carbocycles. The third-order valence-corrected chi connectivity index (χ3v) is 4.23. The van der Waals surface area contributed by atoms with Crippen LogP contribution in [0.1, 0.15) is 20.0 Å². The zero-order chi connectivity index (χ0) is 15.5. The highest BCUT2D eigenvalue weighted by atomic mass is 35.5. The molecule has 0 unspecified atom stereocenters. The zero-order valence-corrected chi connectivity index (χ0v) is 12.9. The maximum atomic E-state index is 12.0. The predicted molar refractivity (Wildman–Crippen MR) is 81.4 cm³/mol. The van der Waals surface area contributed by atoms with Crippen LogP contribution >= 0.6 is 22.9 Å². The molecule has 3 rings (SSSR count). The molecule has 0 radical (unpaired) electrons. The Hall–Kier alpha value is -2.05. The number of benzene rings is 1. The van der Waals surface area contributed by atoms with Crippen LogP contribution < -0.4 is 9.47 Å². The van der Waals surface area contributed by atoms with E-state index in [0.29, 0.717) is 39.5 Å². The van der Waals surface area contributed by atoms with Gasteiger partial charge in [-0.05, 0) is 30.3 Å². The minimum absolute atomic E-state index is 0.289. The smallest absolute Gasteiger partial charge is 0.338 e. The van der Waals surface area contributed by atoms with Gasteiger partial charge in [-0.15, -0.1) is 11.3 Å². The fourth-order valence-electron chi connectivity index (χ4n) is 1.92. The Morgan fingerprint density at radius 1 is 1.14 bits per heavy atom. The average Bonchev–Trinajstić information content (AvgIpc) is 2.98. The van der Waals surface area contributed by atoms with Crippen LogP contribution in [-0.4, -0.2) is 31.6 Å². The van der Waals surface area contributed by atoms with Crippen LogP contribution in [0.2, 0.25) is 4.34 Å². The number of esters is 1. The van der Waals surface area contributed by atoms with Crippen LogP contribution in [0.25, 0.3) is 0 Å². The summed E-state index contributed by atoms with van der Waals surface area (Å²) in [4.78, 5) is 24.3. The second kappa shape index (κ2) is 6.37. The van der Waals surface area contributed by atoms with Gasteiger partial charge in [0, 0.05) is 0 Å². The van der Waals surface area contributed by atoms with Gasteiger partial charge in [0.25, 0.3) is 0 Å². The quantitative estimate of drug-likeness (QED) is 0.632. The average molecular weight is 339 g/mol. The largest absolute Gasteiger partial charge is 0.486 e. The Bertz CT molecular complexity index is 724. The molecule has 22 heavy (non-hydrogen) atoms. The van der Waals surface area contributed by atoms with Crippen LogP contribution in [0.15, 0.2) is 30.3 Å². The number of fused-ring (bicyclic) bond motifs is 1. The molecule has 0 saturated heterocycles. The number of hydrogen-bond donors (Lipinski definition) is 0. The van der Waals surface area contributed by atoms with Crippen molar-refractivity contribution in [3.8, 4) is 11.5 Å². The van der Waals surface area contributed by atoms with E-state index in [1.165, 1.54) is 0 Å². The Balaban J connectivity index is 1.63. The summed E-state index contributed by atoms with van der Waals surface area (Å²) >= 11 is 6.91. The van der Waals surface area contributed by atoms with Gasteiger partial charge in [-0.25, -0.2) is 4.79 Å². The summed E-state index contributed by atoms with van der Waals surface area (Å²) in [5.74, 6) is 0.208. The molecule has 2 heterocycles. The van der Waals surface area contributed by atoms with Gasteiger partial charge in [-0.2, -0.15) is 0 Å². The van der Waals surface area contributed by atoms with Gasteiger partial charge in [0.2, 0.25) is 5.78 Å². The highest BCUT2D eigenvalue weighted by Gasteiger charge is 2.17. The number of rotatable bonds is 4. The van der Waals surface area contributed by atoms with Crippen LogP contribution in [0, 0.1) is 0 Å². The lowest BCUT2D eigenvalue weighted by Gasteiger charge is -2.18. The van der Waals surface area contributed by atoms with Gasteiger partial charge < -0.3 is 14.2 Å². The zero-order valence-electron chi connectivity index (χ0n) is 11.3. The van der Waals surface area contributed by atoms with Gasteiger partial charge in [0.05, 0.1) is 14.8 Å². The van der Waals surface area contributed by atoms with E-state index in [1.807, 2.05) is 0 Å². The van der Waals surface area contributed by atoms with E-state index in [2.05, 4.69) is 0 Å². The standard InChI is InChI=1S/C15H11ClO5S/c16-14-4-3-13(22-14)10(17)8-21-15(18)9-1-2-11-12(7-9)20-6-5-19-11/h1-4,7H,5-6,8H2. The number of carbonyl (C=O) groups is 2. The van der Waals surface area contributed by atoms with Gasteiger partial charge in [0.1, 0.15) is 13.2 Å². The van der Waals surface area contributed by atoms with Gasteiger partial charge >= 0.3 is 5.97 Å². The number of ether oxygens (including phenoxy) is 3. The van der Waals surface area contributed by atoms with E-state index in [9.17, 15) is 9.59 Å². The summed E-state index contributed by atoms with van der Waals surface area (Å²) in [5, 5.41) is 0. The van der Waals surface area contributed by atoms with Crippen molar-refractivity contribution in [2.75, 3.05) is 19.8 Å². The first kappa shape index (κ1) is 14.9. The molecule has 2 aromatic rings. The summed E-state index contributed by atoms with van der Waals surface area (Å²) in [6, 6.07) is 7.99. The maximum Gasteiger partial charge on any atom is 0.338 e. The molecule has 0 N–H and O–H groups in total. The van der Waals surface area contributed by atoms with Gasteiger partial charge in [-0.3, -0.25) is 4.79 Å². The Morgan fingerprint density at radius 3 is 2.64 bits per heavy atom. The second-order valence-electron chi connectivity index (χ2n) is 4.46. The van der Waals surface area contributed by atoms with E-state index >= 15 is 0 Å². The second-order valence-corrected chi connectivity index (χ2v) is 6.18. The molecule has 0 fully saturated rings. The van der Waals surface area contributed by atoms with Crippen LogP contribution in [0.4, 0.5) is 0 Å². The molecule has 1 aliphatic rings. The van der Waals surface area contributed by atoms with Crippen molar-refractivity contribution in [1.29, 1.82) is 0 Å². The lowest BCUT2D eigenvalue weighted by Crippen LogP contribution is -2.17. The molecule has 0 bridgehead atoms. The SMILES string of the molecule is O=C(OCC(=O)c1ccc(Cl)s1)c1ccc2c(c1)OCCO2. The van der Waals surface area contributed by atoms with Crippen LogP contribution in [0.5, 0.6) is 11.5 Å². The molecule has 0 amide bonds. The minimum Gasteiger partial charge on any atom is -0.486 e. The minimum atomic E-state index is -0.590. The molecule has 5 nitrogen and oxygen atoms in total. The molecule has 0 spiro atoms. The summed E-state index contributed by atoms with van der Waals surface area (Å²) in [6.07, 6.45) is 0. The van der Waals surface area contributed by atoms with Gasteiger partial charge in [0.15, 0.2) is 18.1 Å². The molecule has 1 aliphatic heterocycles. The highest BCUT2D eigenvalue weighted by molar-refractivity contribution is 7.18. The predicted octanol–water partition coefficient (Wildman–Crippen LogP) is 3.21. The monoisotopic (exact) mass is 338 g/mol. The lowest BCUT2D eigenvalue weighted by molar-refractivity contribution is 0.0475. The molecule has 1 aromatic heterocycles. The van der Waals surface area contributed by atoms with Gasteiger partial charge in [-0.1, -0.05) is 11.6 Å². The molecule has 114 valence electrons. The summed E-state index contributed by atoms with van der Waals surface area (Å²) in [5.41, 5.74) is 0.307. The third kappa shape index (κ3) is 3.23. The van der Waals surface area contributed by atoms with E-state index < -0.39 is 5.97 Å². The fraction of sp³-hybridized carbons (Fsp3) is 0.200. The first-order chi connectivity index (χ1) is 10.6. The topological polar surface area (TPSA) is 61.8 Å². The maximum absolute atomic E-state index is 12.0. The number of thiophene rings is 1. The van der Waals surface area contributed by atoms with Crippen molar-refractivity contribution in [3.63, 3.8) is 0 Å². The molecule has 0 atom stereocenters. The van der Waals surface area contributed by atoms with E-state index in [-0.39, 0.29) is 12.4 Å². The molecule has 0 saturated carbocycles. The summed E-state index contributed by atoms with van der Waals surface area (Å²) in [6.45, 7) is 0.585. The number of ketones is 1. The Labute approximate surface area is 135 Å². The van der Waals surface area contributed by atoms with Crippen molar-refractivity contribution in [2.24, 2.45) is 0 Å². The highest BCUT2D eigenvalue weighted by Crippen LogP contribution is 2.31.